The topological polar surface area (TPSA) is 78.9 Å². The smallest absolute Gasteiger partial charge is 0.306 e. The number of rotatable bonds is 46. The quantitative estimate of drug-likeness (QED) is 0.0263. The highest BCUT2D eigenvalue weighted by atomic mass is 16.6. The van der Waals surface area contributed by atoms with E-state index in [0.29, 0.717) is 19.3 Å². The van der Waals surface area contributed by atoms with Crippen LogP contribution in [-0.2, 0) is 28.6 Å². The molecule has 0 amide bonds. The zero-order chi connectivity index (χ0) is 44.4. The van der Waals surface area contributed by atoms with E-state index in [4.69, 9.17) is 14.2 Å². The summed E-state index contributed by atoms with van der Waals surface area (Å²) in [7, 11) is 0. The molecule has 61 heavy (non-hydrogen) atoms. The Morgan fingerprint density at radius 1 is 0.328 bits per heavy atom. The first kappa shape index (κ1) is 58.1. The summed E-state index contributed by atoms with van der Waals surface area (Å²) < 4.78 is 16.7. The maximum atomic E-state index is 12.7. The first-order chi connectivity index (χ1) is 30.0. The van der Waals surface area contributed by atoms with Crippen LogP contribution in [0.5, 0.6) is 0 Å². The standard InChI is InChI=1S/C55H96O6/c1-4-7-10-13-16-19-22-24-26-27-29-31-34-36-39-42-45-48-54(57)60-51-52(61-55(58)49-46-43-40-37-32-21-18-15-12-9-6-3)50-59-53(56)47-44-41-38-35-33-30-28-25-23-20-17-14-11-8-5-2/h15,18,20,23-24,26,29,31,36,39,52H,4-14,16-17,19,21-22,25,27-28,30,32-35,37-38,40-51H2,1-3H3/b18-15-,23-20-,26-24-,31-29-,39-36-/t52-/m0/s1. The number of carbonyl (C=O) groups excluding carboxylic acids is 3. The van der Waals surface area contributed by atoms with Gasteiger partial charge in [0.15, 0.2) is 6.10 Å². The average molecular weight is 853 g/mol. The number of unbranched alkanes of at least 4 members (excludes halogenated alkanes) is 25. The molecule has 0 rings (SSSR count). The Bertz CT molecular complexity index is 1120. The van der Waals surface area contributed by atoms with E-state index in [1.807, 2.05) is 0 Å². The molecule has 0 saturated carbocycles. The van der Waals surface area contributed by atoms with Crippen LogP contribution in [0.15, 0.2) is 60.8 Å². The van der Waals surface area contributed by atoms with Crippen molar-refractivity contribution in [2.24, 2.45) is 0 Å². The molecule has 0 aromatic carbocycles. The van der Waals surface area contributed by atoms with E-state index in [1.165, 1.54) is 135 Å². The van der Waals surface area contributed by atoms with Crippen LogP contribution < -0.4 is 0 Å². The lowest BCUT2D eigenvalue weighted by atomic mass is 10.1. The second kappa shape index (κ2) is 49.8. The molecule has 352 valence electrons. The second-order valence-corrected chi connectivity index (χ2v) is 17.1. The molecule has 6 heteroatoms. The first-order valence-electron chi connectivity index (χ1n) is 25.8. The van der Waals surface area contributed by atoms with Gasteiger partial charge in [-0.25, -0.2) is 0 Å². The fourth-order valence-corrected chi connectivity index (χ4v) is 7.02. The Balaban J connectivity index is 4.43. The van der Waals surface area contributed by atoms with E-state index >= 15 is 0 Å². The summed E-state index contributed by atoms with van der Waals surface area (Å²) in [6, 6.07) is 0. The predicted octanol–water partition coefficient (Wildman–Crippen LogP) is 16.9. The van der Waals surface area contributed by atoms with E-state index in [9.17, 15) is 14.4 Å². The van der Waals surface area contributed by atoms with Crippen LogP contribution in [0, 0.1) is 0 Å². The van der Waals surface area contributed by atoms with Gasteiger partial charge in [0.2, 0.25) is 0 Å². The monoisotopic (exact) mass is 853 g/mol. The molecule has 0 aliphatic heterocycles. The fraction of sp³-hybridized carbons (Fsp3) is 0.764. The molecule has 0 aliphatic carbocycles. The van der Waals surface area contributed by atoms with Crippen LogP contribution in [-0.4, -0.2) is 37.2 Å². The summed E-state index contributed by atoms with van der Waals surface area (Å²) in [4.78, 5) is 37.9. The van der Waals surface area contributed by atoms with Crippen molar-refractivity contribution in [2.75, 3.05) is 13.2 Å². The Hall–Kier alpha value is -2.89. The van der Waals surface area contributed by atoms with Gasteiger partial charge in [0.05, 0.1) is 0 Å². The van der Waals surface area contributed by atoms with Gasteiger partial charge in [-0.15, -0.1) is 0 Å². The molecule has 0 radical (unpaired) electrons. The Labute approximate surface area is 377 Å². The third-order valence-corrected chi connectivity index (χ3v) is 11.0. The number of esters is 3. The molecule has 0 N–H and O–H groups in total. The summed E-state index contributed by atoms with van der Waals surface area (Å²) >= 11 is 0. The van der Waals surface area contributed by atoms with Crippen molar-refractivity contribution in [3.8, 4) is 0 Å². The number of hydrogen-bond donors (Lipinski definition) is 0. The second-order valence-electron chi connectivity index (χ2n) is 17.1. The highest BCUT2D eigenvalue weighted by molar-refractivity contribution is 5.71. The maximum absolute atomic E-state index is 12.7. The number of ether oxygens (including phenoxy) is 3. The van der Waals surface area contributed by atoms with Gasteiger partial charge in [-0.1, -0.05) is 197 Å². The van der Waals surface area contributed by atoms with Gasteiger partial charge in [-0.2, -0.15) is 0 Å². The molecule has 0 spiro atoms. The van der Waals surface area contributed by atoms with Crippen molar-refractivity contribution in [3.05, 3.63) is 60.8 Å². The van der Waals surface area contributed by atoms with Gasteiger partial charge >= 0.3 is 17.9 Å². The predicted molar refractivity (Wildman–Crippen MR) is 261 cm³/mol. The third kappa shape index (κ3) is 48.0. The SMILES string of the molecule is CCCC/C=C\CCCCCCCC(=O)O[C@H](COC(=O)CCC/C=C\C/C=C\C/C=C\CCCCCCCC)COC(=O)CCCCCCCCC/C=C\CCCCCC. The fourth-order valence-electron chi connectivity index (χ4n) is 7.02. The zero-order valence-corrected chi connectivity index (χ0v) is 40.2. The summed E-state index contributed by atoms with van der Waals surface area (Å²) in [5, 5.41) is 0. The van der Waals surface area contributed by atoms with Gasteiger partial charge in [0.25, 0.3) is 0 Å². The lowest BCUT2D eigenvalue weighted by Gasteiger charge is -2.18. The van der Waals surface area contributed by atoms with Gasteiger partial charge in [-0.05, 0) is 96.3 Å². The zero-order valence-electron chi connectivity index (χ0n) is 40.2. The molecule has 0 fully saturated rings. The summed E-state index contributed by atoms with van der Waals surface area (Å²) in [6.45, 7) is 6.53. The van der Waals surface area contributed by atoms with Gasteiger partial charge in [0.1, 0.15) is 13.2 Å². The molecule has 0 aromatic heterocycles. The first-order valence-corrected chi connectivity index (χ1v) is 25.8. The number of carbonyl (C=O) groups is 3. The Kier molecular flexibility index (Phi) is 47.4. The molecule has 1 atom stereocenters. The van der Waals surface area contributed by atoms with Crippen molar-refractivity contribution >= 4 is 17.9 Å². The minimum absolute atomic E-state index is 0.0953. The van der Waals surface area contributed by atoms with Crippen molar-refractivity contribution < 1.29 is 28.6 Å². The minimum Gasteiger partial charge on any atom is -0.462 e. The molecule has 0 bridgehead atoms. The minimum atomic E-state index is -0.798. The molecule has 0 aromatic rings. The van der Waals surface area contributed by atoms with E-state index in [-0.39, 0.29) is 37.5 Å². The molecule has 0 unspecified atom stereocenters. The van der Waals surface area contributed by atoms with Crippen molar-refractivity contribution in [1.29, 1.82) is 0 Å². The van der Waals surface area contributed by atoms with Crippen LogP contribution in [0.3, 0.4) is 0 Å². The van der Waals surface area contributed by atoms with Crippen LogP contribution in [0.2, 0.25) is 0 Å². The summed E-state index contributed by atoms with van der Waals surface area (Å²) in [6.07, 6.45) is 60.7. The van der Waals surface area contributed by atoms with Gasteiger partial charge in [0, 0.05) is 19.3 Å². The summed E-state index contributed by atoms with van der Waals surface area (Å²) in [5.74, 6) is -0.962. The van der Waals surface area contributed by atoms with Crippen molar-refractivity contribution in [2.45, 2.75) is 258 Å². The molecule has 0 saturated heterocycles. The van der Waals surface area contributed by atoms with Gasteiger partial charge in [-0.3, -0.25) is 14.4 Å². The third-order valence-electron chi connectivity index (χ3n) is 11.0. The largest absolute Gasteiger partial charge is 0.462 e. The normalized spacial score (nSPS) is 12.5. The Morgan fingerprint density at radius 2 is 0.623 bits per heavy atom. The molecule has 6 nitrogen and oxygen atoms in total. The summed E-state index contributed by atoms with van der Waals surface area (Å²) in [5.41, 5.74) is 0. The maximum Gasteiger partial charge on any atom is 0.306 e. The van der Waals surface area contributed by atoms with Crippen LogP contribution in [0.25, 0.3) is 0 Å². The molecular weight excluding hydrogens is 757 g/mol. The molecular formula is C55H96O6. The van der Waals surface area contributed by atoms with Crippen molar-refractivity contribution in [1.82, 2.24) is 0 Å². The lowest BCUT2D eigenvalue weighted by molar-refractivity contribution is -0.167. The van der Waals surface area contributed by atoms with E-state index in [2.05, 4.69) is 81.5 Å². The highest BCUT2D eigenvalue weighted by Crippen LogP contribution is 2.14. The molecule has 0 aliphatic rings. The van der Waals surface area contributed by atoms with E-state index < -0.39 is 6.10 Å². The molecule has 0 heterocycles. The number of hydrogen-bond acceptors (Lipinski definition) is 6. The Morgan fingerprint density at radius 3 is 1.07 bits per heavy atom. The van der Waals surface area contributed by atoms with E-state index in [0.717, 1.165) is 70.6 Å². The number of allylic oxidation sites excluding steroid dienone is 10. The highest BCUT2D eigenvalue weighted by Gasteiger charge is 2.19. The van der Waals surface area contributed by atoms with Crippen LogP contribution >= 0.6 is 0 Å². The average Bonchev–Trinajstić information content (AvgIpc) is 3.26. The van der Waals surface area contributed by atoms with Crippen molar-refractivity contribution in [3.63, 3.8) is 0 Å². The van der Waals surface area contributed by atoms with E-state index in [1.54, 1.807) is 0 Å². The van der Waals surface area contributed by atoms with Crippen LogP contribution in [0.1, 0.15) is 252 Å². The van der Waals surface area contributed by atoms with Crippen LogP contribution in [0.4, 0.5) is 0 Å². The lowest BCUT2D eigenvalue weighted by Crippen LogP contribution is -2.30. The van der Waals surface area contributed by atoms with Gasteiger partial charge < -0.3 is 14.2 Å².